The molecule has 1 aromatic heterocycles. The van der Waals surface area contributed by atoms with Crippen molar-refractivity contribution in [1.82, 2.24) is 10.3 Å². The summed E-state index contributed by atoms with van der Waals surface area (Å²) in [7, 11) is 0. The maximum Gasteiger partial charge on any atom is 0.418 e. The molecular weight excluding hydrogens is 253 g/mol. The van der Waals surface area contributed by atoms with E-state index in [2.05, 4.69) is 10.3 Å². The normalized spacial score (nSPS) is 20.9. The van der Waals surface area contributed by atoms with Gasteiger partial charge in [0.1, 0.15) is 0 Å². The molecule has 3 rings (SSSR count). The van der Waals surface area contributed by atoms with E-state index in [0.29, 0.717) is 17.8 Å². The highest BCUT2D eigenvalue weighted by Crippen LogP contribution is 2.41. The Labute approximate surface area is 109 Å². The van der Waals surface area contributed by atoms with Gasteiger partial charge in [0.05, 0.1) is 5.56 Å². The first kappa shape index (κ1) is 12.5. The lowest BCUT2D eigenvalue weighted by Gasteiger charge is -2.23. The highest BCUT2D eigenvalue weighted by atomic mass is 19.4. The van der Waals surface area contributed by atoms with Crippen molar-refractivity contribution in [3.63, 3.8) is 0 Å². The topological polar surface area (TPSA) is 27.8 Å². The number of alkyl halides is 3. The predicted octanol–water partition coefficient (Wildman–Crippen LogP) is 3.65. The molecule has 2 nitrogen and oxygen atoms in total. The number of piperidine rings is 1. The van der Waals surface area contributed by atoms with Crippen molar-refractivity contribution in [3.8, 4) is 0 Å². The largest absolute Gasteiger partial charge is 0.418 e. The van der Waals surface area contributed by atoms with Crippen LogP contribution >= 0.6 is 0 Å². The molecule has 1 aromatic carbocycles. The number of aromatic nitrogens is 1. The number of halogens is 3. The standard InChI is InChI=1S/C14H15F3N2/c15-14(16,17)12-10-5-1-2-6-11(10)19-13(12)9-4-3-7-18-8-9/h1-2,5-6,9,18-19H,3-4,7-8H2. The molecule has 0 saturated carbocycles. The highest BCUT2D eigenvalue weighted by molar-refractivity contribution is 5.85. The van der Waals surface area contributed by atoms with Crippen LogP contribution in [-0.4, -0.2) is 18.1 Å². The van der Waals surface area contributed by atoms with E-state index >= 15 is 0 Å². The predicted molar refractivity (Wildman–Crippen MR) is 68.1 cm³/mol. The van der Waals surface area contributed by atoms with Crippen LogP contribution in [0.3, 0.4) is 0 Å². The minimum Gasteiger partial charge on any atom is -0.358 e. The lowest BCUT2D eigenvalue weighted by molar-refractivity contribution is -0.137. The summed E-state index contributed by atoms with van der Waals surface area (Å²) in [5.74, 6) is -0.0854. The van der Waals surface area contributed by atoms with E-state index in [1.807, 2.05) is 0 Å². The van der Waals surface area contributed by atoms with Crippen LogP contribution in [0, 0.1) is 0 Å². The van der Waals surface area contributed by atoms with Crippen LogP contribution in [0.2, 0.25) is 0 Å². The molecule has 2 aromatic rings. The molecule has 0 aliphatic carbocycles. The summed E-state index contributed by atoms with van der Waals surface area (Å²) >= 11 is 0. The van der Waals surface area contributed by atoms with E-state index in [9.17, 15) is 13.2 Å². The second-order valence-corrected chi connectivity index (χ2v) is 5.00. The van der Waals surface area contributed by atoms with Crippen molar-refractivity contribution in [2.45, 2.75) is 24.9 Å². The summed E-state index contributed by atoms with van der Waals surface area (Å²) in [5, 5.41) is 3.44. The van der Waals surface area contributed by atoms with Gasteiger partial charge in [-0.25, -0.2) is 0 Å². The van der Waals surface area contributed by atoms with Crippen molar-refractivity contribution < 1.29 is 13.2 Å². The van der Waals surface area contributed by atoms with Gasteiger partial charge in [-0.15, -0.1) is 0 Å². The molecular formula is C14H15F3N2. The first-order chi connectivity index (χ1) is 9.07. The van der Waals surface area contributed by atoms with Gasteiger partial charge in [0.2, 0.25) is 0 Å². The number of fused-ring (bicyclic) bond motifs is 1. The number of H-pyrrole nitrogens is 1. The fourth-order valence-electron chi connectivity index (χ4n) is 2.87. The molecule has 0 spiro atoms. The number of nitrogens with one attached hydrogen (secondary N) is 2. The van der Waals surface area contributed by atoms with Gasteiger partial charge in [-0.3, -0.25) is 0 Å². The Morgan fingerprint density at radius 2 is 1.95 bits per heavy atom. The Kier molecular flexibility index (Phi) is 3.01. The molecule has 1 atom stereocenters. The van der Waals surface area contributed by atoms with Gasteiger partial charge in [0, 0.05) is 29.1 Å². The van der Waals surface area contributed by atoms with Crippen molar-refractivity contribution in [2.75, 3.05) is 13.1 Å². The van der Waals surface area contributed by atoms with Gasteiger partial charge in [-0.2, -0.15) is 13.2 Å². The summed E-state index contributed by atoms with van der Waals surface area (Å²) in [6.07, 6.45) is -2.60. The number of aromatic amines is 1. The Balaban J connectivity index is 2.17. The van der Waals surface area contributed by atoms with Gasteiger partial charge >= 0.3 is 6.18 Å². The maximum atomic E-state index is 13.3. The zero-order chi connectivity index (χ0) is 13.5. The molecule has 1 fully saturated rings. The molecule has 1 aliphatic rings. The first-order valence-electron chi connectivity index (χ1n) is 6.46. The molecule has 2 N–H and O–H groups in total. The summed E-state index contributed by atoms with van der Waals surface area (Å²) in [6, 6.07) is 6.63. The van der Waals surface area contributed by atoms with E-state index in [4.69, 9.17) is 0 Å². The minimum atomic E-state index is -4.31. The number of hydrogen-bond acceptors (Lipinski definition) is 1. The van der Waals surface area contributed by atoms with Crippen LogP contribution < -0.4 is 5.32 Å². The Bertz CT molecular complexity index is 580. The smallest absolute Gasteiger partial charge is 0.358 e. The number of rotatable bonds is 1. The van der Waals surface area contributed by atoms with E-state index in [-0.39, 0.29) is 11.3 Å². The molecule has 1 aliphatic heterocycles. The lowest BCUT2D eigenvalue weighted by atomic mass is 9.93. The summed E-state index contributed by atoms with van der Waals surface area (Å²) in [5.41, 5.74) is 0.410. The number of benzene rings is 1. The SMILES string of the molecule is FC(F)(F)c1c(C2CCCNC2)[nH]c2ccccc12. The molecule has 5 heteroatoms. The zero-order valence-electron chi connectivity index (χ0n) is 10.3. The van der Waals surface area contributed by atoms with Crippen LogP contribution in [0.15, 0.2) is 24.3 Å². The summed E-state index contributed by atoms with van der Waals surface area (Å²) in [6.45, 7) is 1.49. The fraction of sp³-hybridized carbons (Fsp3) is 0.429. The van der Waals surface area contributed by atoms with Crippen LogP contribution in [0.4, 0.5) is 13.2 Å². The molecule has 1 unspecified atom stereocenters. The van der Waals surface area contributed by atoms with Gasteiger partial charge in [0.15, 0.2) is 0 Å². The third kappa shape index (κ3) is 2.23. The van der Waals surface area contributed by atoms with Crippen molar-refractivity contribution in [3.05, 3.63) is 35.5 Å². The molecule has 0 bridgehead atoms. The monoisotopic (exact) mass is 268 g/mol. The van der Waals surface area contributed by atoms with Gasteiger partial charge in [-0.1, -0.05) is 18.2 Å². The van der Waals surface area contributed by atoms with E-state index < -0.39 is 11.7 Å². The van der Waals surface area contributed by atoms with Crippen molar-refractivity contribution >= 4 is 10.9 Å². The third-order valence-electron chi connectivity index (χ3n) is 3.72. The first-order valence-corrected chi connectivity index (χ1v) is 6.46. The van der Waals surface area contributed by atoms with E-state index in [1.165, 1.54) is 6.07 Å². The average molecular weight is 268 g/mol. The van der Waals surface area contributed by atoms with E-state index in [1.54, 1.807) is 18.2 Å². The number of hydrogen-bond donors (Lipinski definition) is 2. The van der Waals surface area contributed by atoms with Crippen LogP contribution in [0.1, 0.15) is 30.0 Å². The quantitative estimate of drug-likeness (QED) is 0.811. The van der Waals surface area contributed by atoms with Crippen LogP contribution in [0.5, 0.6) is 0 Å². The summed E-state index contributed by atoms with van der Waals surface area (Å²) in [4.78, 5) is 2.98. The minimum absolute atomic E-state index is 0.0854. The average Bonchev–Trinajstić information content (AvgIpc) is 2.79. The zero-order valence-corrected chi connectivity index (χ0v) is 10.3. The van der Waals surface area contributed by atoms with Gasteiger partial charge in [0.25, 0.3) is 0 Å². The van der Waals surface area contributed by atoms with E-state index in [0.717, 1.165) is 19.4 Å². The maximum absolute atomic E-state index is 13.3. The van der Waals surface area contributed by atoms with Crippen LogP contribution in [0.25, 0.3) is 10.9 Å². The van der Waals surface area contributed by atoms with Gasteiger partial charge < -0.3 is 10.3 Å². The second-order valence-electron chi connectivity index (χ2n) is 5.00. The molecule has 0 amide bonds. The number of para-hydroxylation sites is 1. The lowest BCUT2D eigenvalue weighted by Crippen LogP contribution is -2.29. The Morgan fingerprint density at radius 1 is 1.16 bits per heavy atom. The van der Waals surface area contributed by atoms with Crippen LogP contribution in [-0.2, 0) is 6.18 Å². The fourth-order valence-corrected chi connectivity index (χ4v) is 2.87. The molecule has 2 heterocycles. The molecule has 1 saturated heterocycles. The van der Waals surface area contributed by atoms with Crippen molar-refractivity contribution in [1.29, 1.82) is 0 Å². The van der Waals surface area contributed by atoms with Gasteiger partial charge in [-0.05, 0) is 25.5 Å². The van der Waals surface area contributed by atoms with Crippen molar-refractivity contribution in [2.24, 2.45) is 0 Å². The molecule has 0 radical (unpaired) electrons. The molecule has 19 heavy (non-hydrogen) atoms. The third-order valence-corrected chi connectivity index (χ3v) is 3.72. The Morgan fingerprint density at radius 3 is 2.63 bits per heavy atom. The Hall–Kier alpha value is -1.49. The molecule has 102 valence electrons. The second kappa shape index (κ2) is 4.56. The highest BCUT2D eigenvalue weighted by Gasteiger charge is 2.39. The summed E-state index contributed by atoms with van der Waals surface area (Å²) < 4.78 is 40.0.